The van der Waals surface area contributed by atoms with Gasteiger partial charge in [-0.15, -0.1) is 0 Å². The molecule has 0 saturated carbocycles. The molecule has 110 valence electrons. The largest absolute Gasteiger partial charge is 0.416 e. The predicted octanol–water partition coefficient (Wildman–Crippen LogP) is 5.94. The van der Waals surface area contributed by atoms with E-state index in [1.54, 1.807) is 12.1 Å². The maximum atomic E-state index is 12.5. The van der Waals surface area contributed by atoms with E-state index in [1.807, 2.05) is 0 Å². The Morgan fingerprint density at radius 1 is 1.00 bits per heavy atom. The zero-order valence-corrected chi connectivity index (χ0v) is 12.2. The smallest absolute Gasteiger partial charge is 0.166 e. The maximum Gasteiger partial charge on any atom is 0.416 e. The second-order valence-electron chi connectivity index (χ2n) is 6.64. The van der Waals surface area contributed by atoms with Crippen molar-refractivity contribution in [2.24, 2.45) is 11.3 Å². The van der Waals surface area contributed by atoms with Gasteiger partial charge in [0, 0.05) is 0 Å². The summed E-state index contributed by atoms with van der Waals surface area (Å²) < 4.78 is 37.6. The van der Waals surface area contributed by atoms with Crippen LogP contribution < -0.4 is 0 Å². The minimum Gasteiger partial charge on any atom is -0.166 e. The van der Waals surface area contributed by atoms with E-state index in [2.05, 4.69) is 26.8 Å². The van der Waals surface area contributed by atoms with Gasteiger partial charge in [0.15, 0.2) is 0 Å². The maximum absolute atomic E-state index is 12.5. The van der Waals surface area contributed by atoms with Crippen molar-refractivity contribution in [3.63, 3.8) is 0 Å². The molecule has 0 aromatic heterocycles. The third-order valence-corrected chi connectivity index (χ3v) is 4.22. The Labute approximate surface area is 118 Å². The lowest BCUT2D eigenvalue weighted by Gasteiger charge is -2.33. The predicted molar refractivity (Wildman–Crippen MR) is 76.2 cm³/mol. The molecule has 0 radical (unpaired) electrons. The molecule has 0 aliphatic heterocycles. The van der Waals surface area contributed by atoms with Gasteiger partial charge >= 0.3 is 6.18 Å². The van der Waals surface area contributed by atoms with Crippen molar-refractivity contribution in [2.45, 2.75) is 46.2 Å². The normalized spacial score (nSPS) is 20.7. The molecule has 0 heterocycles. The van der Waals surface area contributed by atoms with Crippen molar-refractivity contribution < 1.29 is 13.2 Å². The lowest BCUT2D eigenvalue weighted by Crippen LogP contribution is -2.21. The molecule has 1 aliphatic rings. The average Bonchev–Trinajstić information content (AvgIpc) is 2.37. The highest BCUT2D eigenvalue weighted by molar-refractivity contribution is 5.66. The fourth-order valence-corrected chi connectivity index (χ4v) is 2.76. The Balaban J connectivity index is 2.12. The van der Waals surface area contributed by atoms with Crippen LogP contribution >= 0.6 is 0 Å². The van der Waals surface area contributed by atoms with Gasteiger partial charge in [-0.1, -0.05) is 39.0 Å². The van der Waals surface area contributed by atoms with Gasteiger partial charge in [0.2, 0.25) is 0 Å². The first-order valence-corrected chi connectivity index (χ1v) is 7.04. The summed E-state index contributed by atoms with van der Waals surface area (Å²) in [5.74, 6) is 0.653. The zero-order chi connectivity index (χ0) is 15.0. The van der Waals surface area contributed by atoms with Gasteiger partial charge in [0.05, 0.1) is 5.56 Å². The number of hydrogen-bond acceptors (Lipinski definition) is 0. The number of allylic oxidation sites excluding steroid dienone is 2. The molecular weight excluding hydrogens is 261 g/mol. The Hall–Kier alpha value is -1.25. The lowest BCUT2D eigenvalue weighted by atomic mass is 9.72. The van der Waals surface area contributed by atoms with E-state index >= 15 is 0 Å². The Kier molecular flexibility index (Phi) is 3.99. The van der Waals surface area contributed by atoms with Gasteiger partial charge in [-0.25, -0.2) is 0 Å². The Morgan fingerprint density at radius 2 is 1.60 bits per heavy atom. The van der Waals surface area contributed by atoms with Crippen molar-refractivity contribution in [3.8, 4) is 0 Å². The van der Waals surface area contributed by atoms with Crippen LogP contribution in [0, 0.1) is 11.3 Å². The molecule has 1 unspecified atom stereocenters. The fourth-order valence-electron chi connectivity index (χ4n) is 2.76. The van der Waals surface area contributed by atoms with E-state index in [1.165, 1.54) is 17.7 Å². The molecule has 1 aromatic rings. The lowest BCUT2D eigenvalue weighted by molar-refractivity contribution is -0.137. The van der Waals surface area contributed by atoms with Gasteiger partial charge in [-0.2, -0.15) is 13.2 Å². The quantitative estimate of drug-likeness (QED) is 0.598. The first-order valence-electron chi connectivity index (χ1n) is 7.04. The van der Waals surface area contributed by atoms with E-state index in [-0.39, 0.29) is 0 Å². The topological polar surface area (TPSA) is 0 Å². The Morgan fingerprint density at radius 3 is 2.00 bits per heavy atom. The highest BCUT2D eigenvalue weighted by Crippen LogP contribution is 2.40. The van der Waals surface area contributed by atoms with Gasteiger partial charge in [0.1, 0.15) is 0 Å². The van der Waals surface area contributed by atoms with Crippen LogP contribution in [-0.2, 0) is 6.18 Å². The third-order valence-electron chi connectivity index (χ3n) is 4.22. The second-order valence-corrected chi connectivity index (χ2v) is 6.64. The average molecular weight is 282 g/mol. The van der Waals surface area contributed by atoms with Crippen LogP contribution in [0.3, 0.4) is 0 Å². The fraction of sp³-hybridized carbons (Fsp3) is 0.529. The summed E-state index contributed by atoms with van der Waals surface area (Å²) in [5, 5.41) is 0. The van der Waals surface area contributed by atoms with Crippen molar-refractivity contribution in [1.82, 2.24) is 0 Å². The highest BCUT2D eigenvalue weighted by atomic mass is 19.4. The van der Waals surface area contributed by atoms with Gasteiger partial charge in [-0.3, -0.25) is 0 Å². The molecule has 0 saturated heterocycles. The van der Waals surface area contributed by atoms with Crippen LogP contribution in [0.15, 0.2) is 30.3 Å². The van der Waals surface area contributed by atoms with E-state index in [0.29, 0.717) is 11.3 Å². The molecule has 0 amide bonds. The minimum absolute atomic E-state index is 0.294. The molecule has 1 atom stereocenters. The number of hydrogen-bond donors (Lipinski definition) is 0. The second kappa shape index (κ2) is 5.27. The minimum atomic E-state index is -4.25. The molecule has 0 N–H and O–H groups in total. The van der Waals surface area contributed by atoms with Crippen LogP contribution in [0.1, 0.15) is 51.2 Å². The van der Waals surface area contributed by atoms with E-state index < -0.39 is 11.7 Å². The molecule has 0 bridgehead atoms. The summed E-state index contributed by atoms with van der Waals surface area (Å²) >= 11 is 0. The standard InChI is InChI=1S/C17H21F3/c1-16(2,3)14-8-4-12(5-9-14)13-6-10-15(11-7-13)17(18,19)20/h4,6-7,10-11,14H,5,8-9H2,1-3H3. The van der Waals surface area contributed by atoms with Crippen LogP contribution in [-0.4, -0.2) is 0 Å². The Bertz CT molecular complexity index is 486. The molecule has 1 aromatic carbocycles. The van der Waals surface area contributed by atoms with Crippen LogP contribution in [0.2, 0.25) is 0 Å². The monoisotopic (exact) mass is 282 g/mol. The summed E-state index contributed by atoms with van der Waals surface area (Å²) in [6, 6.07) is 5.52. The van der Waals surface area contributed by atoms with Gasteiger partial charge in [0.25, 0.3) is 0 Å². The third kappa shape index (κ3) is 3.44. The first kappa shape index (κ1) is 15.1. The van der Waals surface area contributed by atoms with Crippen molar-refractivity contribution in [2.75, 3.05) is 0 Å². The number of halogens is 3. The molecule has 0 spiro atoms. The number of benzene rings is 1. The van der Waals surface area contributed by atoms with Crippen molar-refractivity contribution in [1.29, 1.82) is 0 Å². The van der Waals surface area contributed by atoms with Crippen molar-refractivity contribution in [3.05, 3.63) is 41.5 Å². The molecule has 1 aliphatic carbocycles. The molecule has 2 rings (SSSR count). The van der Waals surface area contributed by atoms with Crippen LogP contribution in [0.5, 0.6) is 0 Å². The van der Waals surface area contributed by atoms with Crippen molar-refractivity contribution >= 4 is 5.57 Å². The van der Waals surface area contributed by atoms with E-state index in [9.17, 15) is 13.2 Å². The summed E-state index contributed by atoms with van der Waals surface area (Å²) in [5.41, 5.74) is 1.82. The number of alkyl halides is 3. The molecule has 0 nitrogen and oxygen atoms in total. The van der Waals surface area contributed by atoms with Crippen LogP contribution in [0.4, 0.5) is 13.2 Å². The zero-order valence-electron chi connectivity index (χ0n) is 12.2. The number of rotatable bonds is 1. The highest BCUT2D eigenvalue weighted by Gasteiger charge is 2.30. The first-order chi connectivity index (χ1) is 9.18. The SMILES string of the molecule is CC(C)(C)C1CC=C(c2ccc(C(F)(F)F)cc2)CC1. The molecule has 20 heavy (non-hydrogen) atoms. The van der Waals surface area contributed by atoms with E-state index in [4.69, 9.17) is 0 Å². The summed E-state index contributed by atoms with van der Waals surface area (Å²) in [7, 11) is 0. The van der Waals surface area contributed by atoms with E-state index in [0.717, 1.165) is 24.8 Å². The molecule has 0 fully saturated rings. The summed E-state index contributed by atoms with van der Waals surface area (Å²) in [6.45, 7) is 6.73. The van der Waals surface area contributed by atoms with Gasteiger partial charge in [-0.05, 0) is 53.9 Å². The van der Waals surface area contributed by atoms with Crippen LogP contribution in [0.25, 0.3) is 5.57 Å². The molecular formula is C17H21F3. The summed E-state index contributed by atoms with van der Waals surface area (Å²) in [6.07, 6.45) is 1.02. The summed E-state index contributed by atoms with van der Waals surface area (Å²) in [4.78, 5) is 0. The molecule has 3 heteroatoms. The van der Waals surface area contributed by atoms with Gasteiger partial charge < -0.3 is 0 Å².